The molecule has 18 heavy (non-hydrogen) atoms. The molecule has 0 aliphatic rings. The van der Waals surface area contributed by atoms with Gasteiger partial charge in [-0.1, -0.05) is 48.9 Å². The molecule has 5 heteroatoms. The third kappa shape index (κ3) is 2.54. The topological polar surface area (TPSA) is 47.0 Å². The number of aromatic nitrogens is 1. The van der Waals surface area contributed by atoms with Crippen molar-refractivity contribution in [1.29, 1.82) is 0 Å². The molecule has 0 aliphatic carbocycles. The molecule has 0 atom stereocenters. The van der Waals surface area contributed by atoms with Crippen molar-refractivity contribution in [3.8, 4) is 11.3 Å². The lowest BCUT2D eigenvalue weighted by Crippen LogP contribution is -2.05. The molecule has 2 rings (SSSR count). The van der Waals surface area contributed by atoms with Crippen molar-refractivity contribution in [3.63, 3.8) is 0 Å². The van der Waals surface area contributed by atoms with E-state index >= 15 is 0 Å². The SMILES string of the molecule is CCS(=O)(=O)c1ccc(-c2ccccc2)nc1Cl. The predicted molar refractivity (Wildman–Crippen MR) is 72.4 cm³/mol. The summed E-state index contributed by atoms with van der Waals surface area (Å²) in [6.07, 6.45) is 0. The predicted octanol–water partition coefficient (Wildman–Crippen LogP) is 3.20. The van der Waals surface area contributed by atoms with E-state index < -0.39 is 9.84 Å². The maximum absolute atomic E-state index is 11.7. The highest BCUT2D eigenvalue weighted by atomic mass is 35.5. The first-order chi connectivity index (χ1) is 8.54. The van der Waals surface area contributed by atoms with Gasteiger partial charge in [0.1, 0.15) is 10.0 Å². The summed E-state index contributed by atoms with van der Waals surface area (Å²) < 4.78 is 23.5. The maximum atomic E-state index is 11.7. The van der Waals surface area contributed by atoms with Crippen molar-refractivity contribution in [3.05, 3.63) is 47.6 Å². The molecule has 0 aliphatic heterocycles. The Labute approximate surface area is 111 Å². The fraction of sp³-hybridized carbons (Fsp3) is 0.154. The van der Waals surface area contributed by atoms with Crippen LogP contribution in [-0.2, 0) is 9.84 Å². The molecule has 94 valence electrons. The minimum absolute atomic E-state index is 0.0130. The van der Waals surface area contributed by atoms with Crippen LogP contribution in [0.1, 0.15) is 6.92 Å². The Hall–Kier alpha value is -1.39. The Morgan fingerprint density at radius 1 is 1.11 bits per heavy atom. The summed E-state index contributed by atoms with van der Waals surface area (Å²) in [5.41, 5.74) is 1.57. The number of halogens is 1. The number of pyridine rings is 1. The van der Waals surface area contributed by atoms with Gasteiger partial charge in [-0.05, 0) is 12.1 Å². The number of rotatable bonds is 3. The minimum atomic E-state index is -3.32. The molecular formula is C13H12ClNO2S. The van der Waals surface area contributed by atoms with Crippen LogP contribution in [-0.4, -0.2) is 19.2 Å². The lowest BCUT2D eigenvalue weighted by molar-refractivity contribution is 0.597. The van der Waals surface area contributed by atoms with Crippen molar-refractivity contribution in [2.45, 2.75) is 11.8 Å². The monoisotopic (exact) mass is 281 g/mol. The smallest absolute Gasteiger partial charge is 0.181 e. The normalized spacial score (nSPS) is 11.4. The van der Waals surface area contributed by atoms with Crippen LogP contribution in [0.5, 0.6) is 0 Å². The van der Waals surface area contributed by atoms with Crippen molar-refractivity contribution < 1.29 is 8.42 Å². The van der Waals surface area contributed by atoms with Crippen LogP contribution in [0.25, 0.3) is 11.3 Å². The largest absolute Gasteiger partial charge is 0.235 e. The van der Waals surface area contributed by atoms with Crippen molar-refractivity contribution in [1.82, 2.24) is 4.98 Å². The second-order valence-electron chi connectivity index (χ2n) is 3.75. The van der Waals surface area contributed by atoms with Gasteiger partial charge in [0.25, 0.3) is 0 Å². The minimum Gasteiger partial charge on any atom is -0.235 e. The van der Waals surface area contributed by atoms with Gasteiger partial charge < -0.3 is 0 Å². The van der Waals surface area contributed by atoms with E-state index in [0.29, 0.717) is 5.69 Å². The van der Waals surface area contributed by atoms with E-state index in [-0.39, 0.29) is 15.8 Å². The van der Waals surface area contributed by atoms with Crippen LogP contribution in [0.4, 0.5) is 0 Å². The average molecular weight is 282 g/mol. The number of hydrogen-bond acceptors (Lipinski definition) is 3. The third-order valence-electron chi connectivity index (χ3n) is 2.60. The van der Waals surface area contributed by atoms with Gasteiger partial charge in [-0.3, -0.25) is 0 Å². The average Bonchev–Trinajstić information content (AvgIpc) is 2.39. The van der Waals surface area contributed by atoms with Gasteiger partial charge in [-0.25, -0.2) is 13.4 Å². The van der Waals surface area contributed by atoms with Gasteiger partial charge in [0, 0.05) is 5.56 Å². The zero-order valence-electron chi connectivity index (χ0n) is 9.80. The van der Waals surface area contributed by atoms with Crippen LogP contribution >= 0.6 is 11.6 Å². The number of nitrogens with zero attached hydrogens (tertiary/aromatic N) is 1. The Bertz CT molecular complexity index is 654. The van der Waals surface area contributed by atoms with Crippen LogP contribution in [0, 0.1) is 0 Å². The first kappa shape index (κ1) is 13.1. The molecule has 0 saturated heterocycles. The highest BCUT2D eigenvalue weighted by molar-refractivity contribution is 7.91. The highest BCUT2D eigenvalue weighted by Gasteiger charge is 2.17. The number of benzene rings is 1. The molecule has 3 nitrogen and oxygen atoms in total. The third-order valence-corrected chi connectivity index (χ3v) is 4.76. The fourth-order valence-corrected chi connectivity index (χ4v) is 2.97. The molecule has 0 N–H and O–H groups in total. The van der Waals surface area contributed by atoms with Crippen molar-refractivity contribution in [2.75, 3.05) is 5.75 Å². The molecule has 0 saturated carbocycles. The number of sulfone groups is 1. The fourth-order valence-electron chi connectivity index (χ4n) is 1.58. The van der Waals surface area contributed by atoms with Crippen molar-refractivity contribution >= 4 is 21.4 Å². The molecular weight excluding hydrogens is 270 g/mol. The Kier molecular flexibility index (Phi) is 3.68. The Morgan fingerprint density at radius 3 is 2.33 bits per heavy atom. The summed E-state index contributed by atoms with van der Waals surface area (Å²) in [5.74, 6) is 0.0130. The van der Waals surface area contributed by atoms with Gasteiger partial charge >= 0.3 is 0 Å². The maximum Gasteiger partial charge on any atom is 0.181 e. The summed E-state index contributed by atoms with van der Waals surface area (Å²) in [5, 5.41) is 0.0261. The summed E-state index contributed by atoms with van der Waals surface area (Å²) in [6.45, 7) is 1.58. The molecule has 0 radical (unpaired) electrons. The first-order valence-electron chi connectivity index (χ1n) is 5.49. The van der Waals surface area contributed by atoms with Gasteiger partial charge in [0.05, 0.1) is 11.4 Å². The van der Waals surface area contributed by atoms with E-state index in [1.807, 2.05) is 30.3 Å². The summed E-state index contributed by atoms with van der Waals surface area (Å²) in [7, 11) is -3.32. The van der Waals surface area contributed by atoms with Gasteiger partial charge in [-0.2, -0.15) is 0 Å². The summed E-state index contributed by atoms with van der Waals surface area (Å²) >= 11 is 5.95. The standard InChI is InChI=1S/C13H12ClNO2S/c1-2-18(16,17)12-9-8-11(15-13(12)14)10-6-4-3-5-7-10/h3-9H,2H2,1H3. The Morgan fingerprint density at radius 2 is 1.78 bits per heavy atom. The molecule has 1 aromatic carbocycles. The van der Waals surface area contributed by atoms with E-state index in [4.69, 9.17) is 11.6 Å². The molecule has 0 spiro atoms. The summed E-state index contributed by atoms with van der Waals surface area (Å²) in [4.78, 5) is 4.23. The summed E-state index contributed by atoms with van der Waals surface area (Å²) in [6, 6.07) is 12.7. The van der Waals surface area contributed by atoms with Gasteiger partial charge in [0.2, 0.25) is 0 Å². The van der Waals surface area contributed by atoms with Crippen LogP contribution in [0.3, 0.4) is 0 Å². The van der Waals surface area contributed by atoms with Gasteiger partial charge in [0.15, 0.2) is 9.84 Å². The molecule has 0 bridgehead atoms. The zero-order valence-corrected chi connectivity index (χ0v) is 11.4. The van der Waals surface area contributed by atoms with Gasteiger partial charge in [-0.15, -0.1) is 0 Å². The molecule has 1 aromatic heterocycles. The van der Waals surface area contributed by atoms with Crippen LogP contribution < -0.4 is 0 Å². The van der Waals surface area contributed by atoms with E-state index in [0.717, 1.165) is 5.56 Å². The van der Waals surface area contributed by atoms with E-state index in [9.17, 15) is 8.42 Å². The number of hydrogen-bond donors (Lipinski definition) is 0. The van der Waals surface area contributed by atoms with Crippen molar-refractivity contribution in [2.24, 2.45) is 0 Å². The van der Waals surface area contributed by atoms with Crippen LogP contribution in [0.15, 0.2) is 47.4 Å². The Balaban J connectivity index is 2.50. The molecule has 2 aromatic rings. The van der Waals surface area contributed by atoms with E-state index in [1.54, 1.807) is 13.0 Å². The second kappa shape index (κ2) is 5.08. The van der Waals surface area contributed by atoms with Crippen LogP contribution in [0.2, 0.25) is 5.15 Å². The zero-order chi connectivity index (χ0) is 13.2. The molecule has 0 amide bonds. The highest BCUT2D eigenvalue weighted by Crippen LogP contribution is 2.25. The second-order valence-corrected chi connectivity index (χ2v) is 6.36. The lowest BCUT2D eigenvalue weighted by atomic mass is 10.1. The van der Waals surface area contributed by atoms with E-state index in [1.165, 1.54) is 6.07 Å². The van der Waals surface area contributed by atoms with E-state index in [2.05, 4.69) is 4.98 Å². The molecule has 0 unspecified atom stereocenters. The quantitative estimate of drug-likeness (QED) is 0.812. The molecule has 0 fully saturated rings. The molecule has 1 heterocycles. The lowest BCUT2D eigenvalue weighted by Gasteiger charge is -2.06. The first-order valence-corrected chi connectivity index (χ1v) is 7.52.